The molecule has 0 aliphatic carbocycles. The number of aromatic nitrogens is 6. The lowest BCUT2D eigenvalue weighted by molar-refractivity contribution is -0.129. The van der Waals surface area contributed by atoms with E-state index in [4.69, 9.17) is 0 Å². The highest BCUT2D eigenvalue weighted by Crippen LogP contribution is 2.22. The zero-order valence-electron chi connectivity index (χ0n) is 15.5. The Morgan fingerprint density at radius 3 is 2.76 bits per heavy atom. The third-order valence-electron chi connectivity index (χ3n) is 4.98. The molecule has 1 aliphatic heterocycles. The summed E-state index contributed by atoms with van der Waals surface area (Å²) in [6.07, 6.45) is 0.928. The fourth-order valence-electron chi connectivity index (χ4n) is 3.47. The number of rotatable bonds is 4. The molecule has 0 saturated carbocycles. The van der Waals surface area contributed by atoms with Crippen molar-refractivity contribution in [3.8, 4) is 0 Å². The maximum Gasteiger partial charge on any atom is 0.329 e. The van der Waals surface area contributed by atoms with Crippen LogP contribution in [-0.2, 0) is 11.8 Å². The van der Waals surface area contributed by atoms with Crippen molar-refractivity contribution in [2.75, 3.05) is 18.8 Å². The standard InChI is InChI=1S/C17H18FN7O3S/c1-23-17(20-21-22-23)29-9-14(26)24-6-4-11(5-7-24)25-15(27)12-8-10(18)2-3-13(12)19-16(25)28/h2-3,8,11H,4-7,9H2,1H3,(H,19,28). The lowest BCUT2D eigenvalue weighted by atomic mass is 10.0. The number of amides is 1. The van der Waals surface area contributed by atoms with Gasteiger partial charge in [-0.1, -0.05) is 11.8 Å². The number of thioether (sulfide) groups is 1. The Morgan fingerprint density at radius 1 is 1.31 bits per heavy atom. The Hall–Kier alpha value is -3.02. The number of benzene rings is 1. The fraction of sp³-hybridized carbons (Fsp3) is 0.412. The van der Waals surface area contributed by atoms with Crippen LogP contribution >= 0.6 is 11.8 Å². The van der Waals surface area contributed by atoms with Crippen LogP contribution < -0.4 is 11.2 Å². The number of nitrogens with zero attached hydrogens (tertiary/aromatic N) is 6. The highest BCUT2D eigenvalue weighted by atomic mass is 32.2. The Balaban J connectivity index is 1.46. The highest BCUT2D eigenvalue weighted by Gasteiger charge is 2.26. The van der Waals surface area contributed by atoms with E-state index in [1.54, 1.807) is 11.9 Å². The van der Waals surface area contributed by atoms with Crippen LogP contribution in [0.3, 0.4) is 0 Å². The molecule has 0 unspecified atom stereocenters. The molecule has 0 atom stereocenters. The third-order valence-corrected chi connectivity index (χ3v) is 5.97. The van der Waals surface area contributed by atoms with Gasteiger partial charge < -0.3 is 9.88 Å². The number of nitrogens with one attached hydrogen (secondary N) is 1. The maximum atomic E-state index is 13.5. The first-order chi connectivity index (χ1) is 13.9. The van der Waals surface area contributed by atoms with Crippen LogP contribution in [0.4, 0.5) is 4.39 Å². The number of halogens is 1. The molecule has 1 saturated heterocycles. The summed E-state index contributed by atoms with van der Waals surface area (Å²) in [5.41, 5.74) is -0.733. The second-order valence-electron chi connectivity index (χ2n) is 6.78. The first kappa shape index (κ1) is 19.3. The van der Waals surface area contributed by atoms with Gasteiger partial charge in [0.15, 0.2) is 0 Å². The molecule has 3 heterocycles. The fourth-order valence-corrected chi connectivity index (χ4v) is 4.22. The first-order valence-corrected chi connectivity index (χ1v) is 9.99. The summed E-state index contributed by atoms with van der Waals surface area (Å²) >= 11 is 1.25. The number of likely N-dealkylation sites (tertiary alicyclic amines) is 1. The Kier molecular flexibility index (Phi) is 5.18. The first-order valence-electron chi connectivity index (χ1n) is 9.01. The molecule has 0 spiro atoms. The van der Waals surface area contributed by atoms with Crippen molar-refractivity contribution < 1.29 is 9.18 Å². The predicted molar refractivity (Wildman–Crippen MR) is 103 cm³/mol. The number of piperidine rings is 1. The summed E-state index contributed by atoms with van der Waals surface area (Å²) in [4.78, 5) is 42.0. The van der Waals surface area contributed by atoms with Crippen LogP contribution in [0.1, 0.15) is 18.9 Å². The molecule has 3 aromatic rings. The number of hydrogen-bond donors (Lipinski definition) is 1. The maximum absolute atomic E-state index is 13.5. The van der Waals surface area contributed by atoms with Crippen molar-refractivity contribution in [1.29, 1.82) is 0 Å². The average Bonchev–Trinajstić information content (AvgIpc) is 3.12. The van der Waals surface area contributed by atoms with Crippen LogP contribution in [0.5, 0.6) is 0 Å². The molecule has 1 aliphatic rings. The number of aryl methyl sites for hydroxylation is 1. The topological polar surface area (TPSA) is 119 Å². The summed E-state index contributed by atoms with van der Waals surface area (Å²) in [6, 6.07) is 3.35. The molecule has 0 radical (unpaired) electrons. The van der Waals surface area contributed by atoms with Gasteiger partial charge in [-0.25, -0.2) is 13.9 Å². The number of aromatic amines is 1. The molecule has 152 valence electrons. The van der Waals surface area contributed by atoms with Gasteiger partial charge in [0.25, 0.3) is 5.56 Å². The molecule has 1 fully saturated rings. The van der Waals surface area contributed by atoms with Crippen molar-refractivity contribution in [2.24, 2.45) is 7.05 Å². The molecule has 4 rings (SSSR count). The zero-order chi connectivity index (χ0) is 20.5. The van der Waals surface area contributed by atoms with Crippen LogP contribution in [0.2, 0.25) is 0 Å². The van der Waals surface area contributed by atoms with Crippen LogP contribution in [-0.4, -0.2) is 59.4 Å². The summed E-state index contributed by atoms with van der Waals surface area (Å²) < 4.78 is 16.2. The van der Waals surface area contributed by atoms with E-state index in [0.717, 1.165) is 10.6 Å². The number of fused-ring (bicyclic) bond motifs is 1. The lowest BCUT2D eigenvalue weighted by Crippen LogP contribution is -2.45. The smallest absolute Gasteiger partial charge is 0.329 e. The predicted octanol–water partition coefficient (Wildman–Crippen LogP) is 0.308. The van der Waals surface area contributed by atoms with Gasteiger partial charge in [-0.15, -0.1) is 5.10 Å². The van der Waals surface area contributed by atoms with Crippen LogP contribution in [0.15, 0.2) is 32.9 Å². The zero-order valence-corrected chi connectivity index (χ0v) is 16.4. The number of carbonyl (C=O) groups is 1. The Labute approximate surface area is 167 Å². The lowest BCUT2D eigenvalue weighted by Gasteiger charge is -2.32. The van der Waals surface area contributed by atoms with Crippen molar-refractivity contribution in [3.05, 3.63) is 44.9 Å². The largest absolute Gasteiger partial charge is 0.342 e. The SMILES string of the molecule is Cn1nnnc1SCC(=O)N1CCC(n2c(=O)[nH]c3ccc(F)cc3c2=O)CC1. The number of tetrazole rings is 1. The van der Waals surface area contributed by atoms with Gasteiger partial charge in [-0.3, -0.25) is 14.2 Å². The van der Waals surface area contributed by atoms with E-state index < -0.39 is 17.1 Å². The quantitative estimate of drug-likeness (QED) is 0.605. The van der Waals surface area contributed by atoms with E-state index >= 15 is 0 Å². The Bertz CT molecular complexity index is 1180. The second-order valence-corrected chi connectivity index (χ2v) is 7.72. The second kappa shape index (κ2) is 7.78. The molecule has 29 heavy (non-hydrogen) atoms. The summed E-state index contributed by atoms with van der Waals surface area (Å²) in [5.74, 6) is -0.392. The van der Waals surface area contributed by atoms with E-state index in [1.165, 1.54) is 28.6 Å². The van der Waals surface area contributed by atoms with Gasteiger partial charge in [-0.05, 0) is 41.5 Å². The Morgan fingerprint density at radius 2 is 2.07 bits per heavy atom. The van der Waals surface area contributed by atoms with Gasteiger partial charge in [0, 0.05) is 26.2 Å². The molecular weight excluding hydrogens is 401 g/mol. The summed E-state index contributed by atoms with van der Waals surface area (Å²) in [5, 5.41) is 11.8. The van der Waals surface area contributed by atoms with Crippen LogP contribution in [0, 0.1) is 5.82 Å². The summed E-state index contributed by atoms with van der Waals surface area (Å²) in [6.45, 7) is 0.850. The normalized spacial score (nSPS) is 15.2. The minimum absolute atomic E-state index is 0.0571. The number of hydrogen-bond acceptors (Lipinski definition) is 7. The monoisotopic (exact) mass is 419 g/mol. The van der Waals surface area contributed by atoms with E-state index in [9.17, 15) is 18.8 Å². The van der Waals surface area contributed by atoms with Gasteiger partial charge in [-0.2, -0.15) is 0 Å². The number of H-pyrrole nitrogens is 1. The van der Waals surface area contributed by atoms with Gasteiger partial charge in [0.1, 0.15) is 5.82 Å². The number of carbonyl (C=O) groups excluding carboxylic acids is 1. The molecule has 0 bridgehead atoms. The van der Waals surface area contributed by atoms with Crippen LogP contribution in [0.25, 0.3) is 10.9 Å². The van der Waals surface area contributed by atoms with E-state index in [0.29, 0.717) is 36.6 Å². The molecule has 1 amide bonds. The average molecular weight is 419 g/mol. The highest BCUT2D eigenvalue weighted by molar-refractivity contribution is 7.99. The third kappa shape index (κ3) is 3.79. The molecular formula is C17H18FN7O3S. The molecule has 2 aromatic heterocycles. The van der Waals surface area contributed by atoms with Gasteiger partial charge in [0.05, 0.1) is 16.7 Å². The molecule has 10 nitrogen and oxygen atoms in total. The van der Waals surface area contributed by atoms with Gasteiger partial charge in [0.2, 0.25) is 11.1 Å². The van der Waals surface area contributed by atoms with Crippen molar-refractivity contribution >= 4 is 28.6 Å². The van der Waals surface area contributed by atoms with Crippen molar-refractivity contribution in [2.45, 2.75) is 24.0 Å². The molecule has 1 N–H and O–H groups in total. The minimum atomic E-state index is -0.538. The van der Waals surface area contributed by atoms with E-state index in [2.05, 4.69) is 20.5 Å². The van der Waals surface area contributed by atoms with E-state index in [-0.39, 0.29) is 23.1 Å². The summed E-state index contributed by atoms with van der Waals surface area (Å²) in [7, 11) is 1.70. The molecule has 12 heteroatoms. The van der Waals surface area contributed by atoms with Crippen molar-refractivity contribution in [3.63, 3.8) is 0 Å². The molecule has 1 aromatic carbocycles. The minimum Gasteiger partial charge on any atom is -0.342 e. The van der Waals surface area contributed by atoms with E-state index in [1.807, 2.05) is 0 Å². The van der Waals surface area contributed by atoms with Gasteiger partial charge >= 0.3 is 5.69 Å². The van der Waals surface area contributed by atoms with Crippen molar-refractivity contribution in [1.82, 2.24) is 34.7 Å².